The van der Waals surface area contributed by atoms with Gasteiger partial charge in [-0.15, -0.1) is 0 Å². The Morgan fingerprint density at radius 2 is 1.90 bits per heavy atom. The number of aliphatic hydroxyl groups excluding tert-OH is 1. The molecule has 2 heterocycles. The summed E-state index contributed by atoms with van der Waals surface area (Å²) in [6.45, 7) is 11.2. The molecule has 6 rings (SSSR count). The van der Waals surface area contributed by atoms with E-state index in [0.29, 0.717) is 22.9 Å². The third kappa shape index (κ3) is 2.55. The van der Waals surface area contributed by atoms with Crippen LogP contribution >= 0.6 is 0 Å². The summed E-state index contributed by atoms with van der Waals surface area (Å²) in [5, 5.41) is 14.1. The van der Waals surface area contributed by atoms with Crippen LogP contribution in [0.15, 0.2) is 11.6 Å². The predicted molar refractivity (Wildman–Crippen MR) is 120 cm³/mol. The molecule has 0 aromatic rings. The number of hydrogen-bond acceptors (Lipinski definition) is 3. The molecular weight excluding hydrogens is 370 g/mol. The molecule has 0 radical (unpaired) electrons. The number of ether oxygens (including phenoxy) is 1. The monoisotopic (exact) mass is 413 g/mol. The highest BCUT2D eigenvalue weighted by Crippen LogP contribution is 2.70. The molecule has 3 saturated carbocycles. The molecule has 4 aliphatic carbocycles. The van der Waals surface area contributed by atoms with Crippen molar-refractivity contribution in [2.24, 2.45) is 46.3 Å². The van der Waals surface area contributed by atoms with E-state index < -0.39 is 0 Å². The van der Waals surface area contributed by atoms with Crippen molar-refractivity contribution in [3.63, 3.8) is 0 Å². The first-order valence-corrected chi connectivity index (χ1v) is 13.1. The van der Waals surface area contributed by atoms with Crippen LogP contribution in [0.2, 0.25) is 0 Å². The van der Waals surface area contributed by atoms with Gasteiger partial charge in [0.05, 0.1) is 12.2 Å². The molecule has 2 N–H and O–H groups in total. The molecule has 5 fully saturated rings. The van der Waals surface area contributed by atoms with Crippen LogP contribution in [-0.4, -0.2) is 29.6 Å². The Morgan fingerprint density at radius 3 is 2.67 bits per heavy atom. The second kappa shape index (κ2) is 6.58. The summed E-state index contributed by atoms with van der Waals surface area (Å²) in [6, 6.07) is 0. The van der Waals surface area contributed by atoms with Gasteiger partial charge in [0.2, 0.25) is 0 Å². The summed E-state index contributed by atoms with van der Waals surface area (Å²) in [5.41, 5.74) is 2.33. The smallest absolute Gasteiger partial charge is 0.122 e. The number of fused-ring (bicyclic) bond motifs is 7. The highest BCUT2D eigenvalue weighted by Gasteiger charge is 2.68. The van der Waals surface area contributed by atoms with Crippen molar-refractivity contribution >= 4 is 0 Å². The zero-order valence-corrected chi connectivity index (χ0v) is 19.6. The molecule has 3 nitrogen and oxygen atoms in total. The Bertz CT molecular complexity index is 739. The van der Waals surface area contributed by atoms with Gasteiger partial charge in [-0.05, 0) is 98.2 Å². The topological polar surface area (TPSA) is 41.5 Å². The molecule has 6 aliphatic rings. The lowest BCUT2D eigenvalue weighted by atomic mass is 9.47. The average Bonchev–Trinajstić information content (AvgIpc) is 3.16. The van der Waals surface area contributed by atoms with Crippen LogP contribution < -0.4 is 5.32 Å². The van der Waals surface area contributed by atoms with Crippen molar-refractivity contribution in [1.82, 2.24) is 5.32 Å². The van der Waals surface area contributed by atoms with Gasteiger partial charge >= 0.3 is 0 Å². The van der Waals surface area contributed by atoms with Crippen molar-refractivity contribution < 1.29 is 9.84 Å². The SMILES string of the molecule is C[C@H]1CC[C@]2(NC1)O[C@@H]1C[C@@H]3[C@H]4CC=C5C[C@H](O)CC[C@@]5(C)[C@@H]4CC[C@@]3(C)[C@@H]1[C@H]2C. The van der Waals surface area contributed by atoms with E-state index in [0.717, 1.165) is 49.0 Å². The Labute approximate surface area is 183 Å². The number of allylic oxidation sites excluding steroid dienone is 1. The highest BCUT2D eigenvalue weighted by molar-refractivity contribution is 5.26. The van der Waals surface area contributed by atoms with Crippen molar-refractivity contribution in [3.05, 3.63) is 11.6 Å². The fourth-order valence-electron chi connectivity index (χ4n) is 9.84. The third-order valence-electron chi connectivity index (χ3n) is 11.6. The second-order valence-electron chi connectivity index (χ2n) is 12.8. The highest BCUT2D eigenvalue weighted by atomic mass is 16.5. The number of piperidine rings is 1. The molecular formula is C27H43NO2. The first-order chi connectivity index (χ1) is 14.3. The molecule has 168 valence electrons. The largest absolute Gasteiger partial charge is 0.393 e. The van der Waals surface area contributed by atoms with Crippen LogP contribution in [0.4, 0.5) is 0 Å². The molecule has 0 aromatic carbocycles. The molecule has 1 spiro atoms. The Hall–Kier alpha value is -0.380. The van der Waals surface area contributed by atoms with Gasteiger partial charge in [0.1, 0.15) is 5.72 Å². The van der Waals surface area contributed by atoms with Gasteiger partial charge in [-0.25, -0.2) is 0 Å². The lowest BCUT2D eigenvalue weighted by Crippen LogP contribution is -2.57. The Balaban J connectivity index is 1.28. The predicted octanol–water partition coefficient (Wildman–Crippen LogP) is 5.29. The summed E-state index contributed by atoms with van der Waals surface area (Å²) in [5.74, 6) is 4.58. The number of aliphatic hydroxyl groups is 1. The van der Waals surface area contributed by atoms with E-state index >= 15 is 0 Å². The van der Waals surface area contributed by atoms with Crippen molar-refractivity contribution in [1.29, 1.82) is 0 Å². The van der Waals surface area contributed by atoms with E-state index in [1.54, 1.807) is 5.57 Å². The van der Waals surface area contributed by atoms with E-state index in [4.69, 9.17) is 4.74 Å². The van der Waals surface area contributed by atoms with Crippen molar-refractivity contribution in [3.8, 4) is 0 Å². The molecule has 0 amide bonds. The average molecular weight is 414 g/mol. The fraction of sp³-hybridized carbons (Fsp3) is 0.926. The normalized spacial score (nSPS) is 59.8. The van der Waals surface area contributed by atoms with E-state index in [9.17, 15) is 5.11 Å². The Kier molecular flexibility index (Phi) is 4.44. The minimum atomic E-state index is -0.100. The maximum atomic E-state index is 10.3. The van der Waals surface area contributed by atoms with Crippen LogP contribution in [0.3, 0.4) is 0 Å². The van der Waals surface area contributed by atoms with Crippen molar-refractivity contribution in [2.45, 2.75) is 103 Å². The van der Waals surface area contributed by atoms with Crippen LogP contribution in [0.25, 0.3) is 0 Å². The maximum Gasteiger partial charge on any atom is 0.122 e. The zero-order valence-electron chi connectivity index (χ0n) is 19.6. The van der Waals surface area contributed by atoms with Gasteiger partial charge in [0.15, 0.2) is 0 Å². The maximum absolute atomic E-state index is 10.3. The lowest BCUT2D eigenvalue weighted by molar-refractivity contribution is -0.115. The van der Waals surface area contributed by atoms with Gasteiger partial charge < -0.3 is 9.84 Å². The summed E-state index contributed by atoms with van der Waals surface area (Å²) in [6.07, 6.45) is 13.8. The van der Waals surface area contributed by atoms with E-state index in [1.807, 2.05) is 0 Å². The molecule has 0 bridgehead atoms. The van der Waals surface area contributed by atoms with Gasteiger partial charge in [-0.3, -0.25) is 5.32 Å². The molecule has 30 heavy (non-hydrogen) atoms. The molecule has 0 aromatic heterocycles. The zero-order chi connectivity index (χ0) is 20.9. The fourth-order valence-corrected chi connectivity index (χ4v) is 9.84. The van der Waals surface area contributed by atoms with Gasteiger partial charge in [-0.2, -0.15) is 0 Å². The van der Waals surface area contributed by atoms with E-state index in [1.165, 1.54) is 44.9 Å². The van der Waals surface area contributed by atoms with E-state index in [-0.39, 0.29) is 11.8 Å². The van der Waals surface area contributed by atoms with Gasteiger partial charge in [0, 0.05) is 12.5 Å². The molecule has 11 atom stereocenters. The molecule has 2 aliphatic heterocycles. The Morgan fingerprint density at radius 1 is 1.07 bits per heavy atom. The van der Waals surface area contributed by atoms with Gasteiger partial charge in [0.25, 0.3) is 0 Å². The minimum absolute atomic E-state index is 0.0439. The first-order valence-electron chi connectivity index (χ1n) is 13.1. The van der Waals surface area contributed by atoms with Gasteiger partial charge in [-0.1, -0.05) is 39.3 Å². The summed E-state index contributed by atoms with van der Waals surface area (Å²) in [4.78, 5) is 0. The van der Waals surface area contributed by atoms with Crippen LogP contribution in [0.1, 0.15) is 85.5 Å². The molecule has 3 heteroatoms. The number of rotatable bonds is 0. The van der Waals surface area contributed by atoms with E-state index in [2.05, 4.69) is 39.1 Å². The molecule has 0 unspecified atom stereocenters. The second-order valence-corrected chi connectivity index (χ2v) is 12.8. The van der Waals surface area contributed by atoms with Crippen LogP contribution in [-0.2, 0) is 4.74 Å². The molecule has 2 saturated heterocycles. The van der Waals surface area contributed by atoms with Crippen LogP contribution in [0.5, 0.6) is 0 Å². The number of nitrogens with one attached hydrogen (secondary N) is 1. The standard InChI is InChI=1S/C27H43NO2/c1-16-7-12-27(28-15-16)17(2)24-23(30-27)14-22-20-6-5-18-13-19(29)8-10-25(18,3)21(20)9-11-26(22,24)4/h5,16-17,19-24,28-29H,6-15H2,1-4H3/t16-,17+,19+,20-,21+,22+,23+,24+,25+,26+,27-/m0/s1. The lowest BCUT2D eigenvalue weighted by Gasteiger charge is -2.58. The first kappa shape index (κ1) is 20.2. The van der Waals surface area contributed by atoms with Crippen molar-refractivity contribution in [2.75, 3.05) is 6.54 Å². The minimum Gasteiger partial charge on any atom is -0.393 e. The van der Waals surface area contributed by atoms with Crippen LogP contribution in [0, 0.1) is 46.3 Å². The third-order valence-corrected chi connectivity index (χ3v) is 11.6. The summed E-state index contributed by atoms with van der Waals surface area (Å²) >= 11 is 0. The quantitative estimate of drug-likeness (QED) is 0.530. The summed E-state index contributed by atoms with van der Waals surface area (Å²) in [7, 11) is 0. The summed E-state index contributed by atoms with van der Waals surface area (Å²) < 4.78 is 7.00. The number of hydrogen-bond donors (Lipinski definition) is 2.